The first-order valence-electron chi connectivity index (χ1n) is 8.48. The van der Waals surface area contributed by atoms with E-state index in [4.69, 9.17) is 5.73 Å². The second-order valence-corrected chi connectivity index (χ2v) is 6.10. The first-order valence-corrected chi connectivity index (χ1v) is 8.48. The number of nitrogens with zero attached hydrogens (tertiary/aromatic N) is 4. The molecule has 136 valence electrons. The van der Waals surface area contributed by atoms with Crippen molar-refractivity contribution < 1.29 is 4.79 Å². The third-order valence-electron chi connectivity index (χ3n) is 4.29. The molecule has 0 aliphatic rings. The van der Waals surface area contributed by atoms with Crippen LogP contribution in [0, 0.1) is 11.3 Å². The first kappa shape index (κ1) is 17.2. The molecule has 0 aliphatic carbocycles. The zero-order valence-electron chi connectivity index (χ0n) is 14.7. The highest BCUT2D eigenvalue weighted by atomic mass is 16.1. The van der Waals surface area contributed by atoms with Crippen LogP contribution in [-0.4, -0.2) is 26.1 Å². The van der Waals surface area contributed by atoms with E-state index >= 15 is 0 Å². The van der Waals surface area contributed by atoms with Gasteiger partial charge in [-0.15, -0.1) is 0 Å². The number of aromatic amines is 1. The quantitative estimate of drug-likeness (QED) is 0.473. The number of benzene rings is 1. The SMILES string of the molecule is N#Cc1cc(-c2cc(C(=O)NCc3ccccn3)c3cn[nH]c3n2)ccc1N. The van der Waals surface area contributed by atoms with Crippen LogP contribution in [0.3, 0.4) is 0 Å². The van der Waals surface area contributed by atoms with Gasteiger partial charge >= 0.3 is 0 Å². The number of amides is 1. The lowest BCUT2D eigenvalue weighted by molar-refractivity contribution is 0.0952. The molecular weight excluding hydrogens is 354 g/mol. The number of anilines is 1. The minimum atomic E-state index is -0.267. The molecule has 28 heavy (non-hydrogen) atoms. The molecule has 4 rings (SSSR count). The largest absolute Gasteiger partial charge is 0.398 e. The fraction of sp³-hybridized carbons (Fsp3) is 0.0500. The van der Waals surface area contributed by atoms with E-state index in [9.17, 15) is 10.1 Å². The molecule has 0 atom stereocenters. The Labute approximate surface area is 160 Å². The highest BCUT2D eigenvalue weighted by Crippen LogP contribution is 2.26. The molecule has 0 unspecified atom stereocenters. The molecule has 3 heterocycles. The summed E-state index contributed by atoms with van der Waals surface area (Å²) in [6.07, 6.45) is 3.24. The number of rotatable bonds is 4. The number of nitrogens with one attached hydrogen (secondary N) is 2. The van der Waals surface area contributed by atoms with Crippen LogP contribution in [-0.2, 0) is 6.54 Å². The van der Waals surface area contributed by atoms with E-state index in [-0.39, 0.29) is 5.91 Å². The van der Waals surface area contributed by atoms with Gasteiger partial charge in [0.05, 0.1) is 40.6 Å². The molecule has 0 spiro atoms. The lowest BCUT2D eigenvalue weighted by Gasteiger charge is -2.09. The Morgan fingerprint density at radius 1 is 1.25 bits per heavy atom. The molecule has 1 amide bonds. The molecule has 4 N–H and O–H groups in total. The molecule has 3 aromatic heterocycles. The van der Waals surface area contributed by atoms with Crippen LogP contribution in [0.25, 0.3) is 22.3 Å². The lowest BCUT2D eigenvalue weighted by atomic mass is 10.0. The molecule has 1 aromatic carbocycles. The van der Waals surface area contributed by atoms with Gasteiger partial charge < -0.3 is 11.1 Å². The van der Waals surface area contributed by atoms with Crippen LogP contribution in [0.15, 0.2) is 54.9 Å². The Hall–Kier alpha value is -4.25. The molecule has 0 radical (unpaired) electrons. The van der Waals surface area contributed by atoms with Crippen molar-refractivity contribution in [2.75, 3.05) is 5.73 Å². The second kappa shape index (κ2) is 7.17. The van der Waals surface area contributed by atoms with E-state index in [1.165, 1.54) is 0 Å². The number of carbonyl (C=O) groups excluding carboxylic acids is 1. The summed E-state index contributed by atoms with van der Waals surface area (Å²) in [4.78, 5) is 21.5. The zero-order chi connectivity index (χ0) is 19.5. The molecule has 8 heteroatoms. The van der Waals surface area contributed by atoms with E-state index in [1.54, 1.807) is 36.7 Å². The third kappa shape index (κ3) is 3.24. The number of hydrogen-bond donors (Lipinski definition) is 3. The molecule has 8 nitrogen and oxygen atoms in total. The van der Waals surface area contributed by atoms with Crippen molar-refractivity contribution in [3.8, 4) is 17.3 Å². The van der Waals surface area contributed by atoms with E-state index in [1.807, 2.05) is 18.2 Å². The Kier molecular flexibility index (Phi) is 4.40. The summed E-state index contributed by atoms with van der Waals surface area (Å²) < 4.78 is 0. The average molecular weight is 369 g/mol. The van der Waals surface area contributed by atoms with Gasteiger partial charge in [-0.3, -0.25) is 14.9 Å². The van der Waals surface area contributed by atoms with Gasteiger partial charge in [-0.25, -0.2) is 4.98 Å². The van der Waals surface area contributed by atoms with Gasteiger partial charge in [0.1, 0.15) is 6.07 Å². The van der Waals surface area contributed by atoms with Gasteiger partial charge in [-0.1, -0.05) is 12.1 Å². The number of aromatic nitrogens is 4. The maximum atomic E-state index is 12.8. The second-order valence-electron chi connectivity index (χ2n) is 6.10. The molecule has 0 bridgehead atoms. The van der Waals surface area contributed by atoms with Gasteiger partial charge in [0, 0.05) is 17.4 Å². The van der Waals surface area contributed by atoms with Gasteiger partial charge in [0.25, 0.3) is 5.91 Å². The van der Waals surface area contributed by atoms with Crippen molar-refractivity contribution in [1.29, 1.82) is 5.26 Å². The van der Waals surface area contributed by atoms with Crippen molar-refractivity contribution in [2.45, 2.75) is 6.54 Å². The summed E-state index contributed by atoms with van der Waals surface area (Å²) in [5.74, 6) is -0.267. The van der Waals surface area contributed by atoms with Crippen LogP contribution < -0.4 is 11.1 Å². The van der Waals surface area contributed by atoms with Gasteiger partial charge in [-0.2, -0.15) is 10.4 Å². The number of nitriles is 1. The maximum absolute atomic E-state index is 12.8. The van der Waals surface area contributed by atoms with Crippen molar-refractivity contribution in [1.82, 2.24) is 25.5 Å². The third-order valence-corrected chi connectivity index (χ3v) is 4.29. The minimum absolute atomic E-state index is 0.267. The monoisotopic (exact) mass is 369 g/mol. The molecule has 4 aromatic rings. The first-order chi connectivity index (χ1) is 13.7. The van der Waals surface area contributed by atoms with Crippen LogP contribution >= 0.6 is 0 Å². The highest BCUT2D eigenvalue weighted by molar-refractivity contribution is 6.06. The van der Waals surface area contributed by atoms with Crippen molar-refractivity contribution in [3.05, 3.63) is 71.7 Å². The van der Waals surface area contributed by atoms with E-state index in [0.29, 0.717) is 45.6 Å². The summed E-state index contributed by atoms with van der Waals surface area (Å²) in [5.41, 5.74) is 9.43. The number of H-pyrrole nitrogens is 1. The number of fused-ring (bicyclic) bond motifs is 1. The summed E-state index contributed by atoms with van der Waals surface area (Å²) in [5, 5.41) is 19.5. The normalized spacial score (nSPS) is 10.5. The fourth-order valence-corrected chi connectivity index (χ4v) is 2.85. The average Bonchev–Trinajstić information content (AvgIpc) is 3.21. The molecular formula is C20H15N7O. The lowest BCUT2D eigenvalue weighted by Crippen LogP contribution is -2.23. The topological polar surface area (TPSA) is 133 Å². The predicted molar refractivity (Wildman–Crippen MR) is 104 cm³/mol. The van der Waals surface area contributed by atoms with E-state index in [2.05, 4.69) is 31.6 Å². The van der Waals surface area contributed by atoms with E-state index < -0.39 is 0 Å². The smallest absolute Gasteiger partial charge is 0.252 e. The Balaban J connectivity index is 1.71. The molecule has 0 aliphatic heterocycles. The summed E-state index contributed by atoms with van der Waals surface area (Å²) in [7, 11) is 0. The summed E-state index contributed by atoms with van der Waals surface area (Å²) >= 11 is 0. The van der Waals surface area contributed by atoms with Gasteiger partial charge in [-0.05, 0) is 30.3 Å². The molecule has 0 fully saturated rings. The predicted octanol–water partition coefficient (Wildman–Crippen LogP) is 2.40. The summed E-state index contributed by atoms with van der Waals surface area (Å²) in [6.45, 7) is 0.303. The van der Waals surface area contributed by atoms with E-state index in [0.717, 1.165) is 5.69 Å². The Morgan fingerprint density at radius 3 is 2.93 bits per heavy atom. The number of nitrogen functional groups attached to an aromatic ring is 1. The Bertz CT molecular complexity index is 1210. The Morgan fingerprint density at radius 2 is 2.14 bits per heavy atom. The minimum Gasteiger partial charge on any atom is -0.398 e. The van der Waals surface area contributed by atoms with Crippen molar-refractivity contribution in [3.63, 3.8) is 0 Å². The van der Waals surface area contributed by atoms with Gasteiger partial charge in [0.2, 0.25) is 0 Å². The number of carbonyl (C=O) groups is 1. The maximum Gasteiger partial charge on any atom is 0.252 e. The number of nitrogens with two attached hydrogens (primary N) is 1. The van der Waals surface area contributed by atoms with Gasteiger partial charge in [0.15, 0.2) is 5.65 Å². The molecule has 0 saturated heterocycles. The number of pyridine rings is 2. The zero-order valence-corrected chi connectivity index (χ0v) is 14.7. The fourth-order valence-electron chi connectivity index (χ4n) is 2.85. The molecule has 0 saturated carbocycles. The van der Waals surface area contributed by atoms with Crippen LogP contribution in [0.1, 0.15) is 21.6 Å². The summed E-state index contributed by atoms with van der Waals surface area (Å²) in [6, 6.07) is 14.3. The van der Waals surface area contributed by atoms with Crippen LogP contribution in [0.2, 0.25) is 0 Å². The highest BCUT2D eigenvalue weighted by Gasteiger charge is 2.16. The standard InChI is InChI=1S/C20H15N7O/c21-9-13-7-12(4-5-17(13)22)18-8-15(16-11-25-27-19(16)26-18)20(28)24-10-14-3-1-2-6-23-14/h1-8,11H,10,22H2,(H,24,28)(H,25,26,27). The number of hydrogen-bond acceptors (Lipinski definition) is 6. The van der Waals surface area contributed by atoms with Crippen molar-refractivity contribution in [2.24, 2.45) is 0 Å². The van der Waals surface area contributed by atoms with Crippen LogP contribution in [0.4, 0.5) is 5.69 Å². The van der Waals surface area contributed by atoms with Crippen molar-refractivity contribution >= 4 is 22.6 Å². The van der Waals surface area contributed by atoms with Crippen LogP contribution in [0.5, 0.6) is 0 Å².